The van der Waals surface area contributed by atoms with E-state index in [1.165, 1.54) is 10.6 Å². The summed E-state index contributed by atoms with van der Waals surface area (Å²) in [5.74, 6) is -0.424. The third kappa shape index (κ3) is 1.68. The second-order valence-corrected chi connectivity index (χ2v) is 3.06. The minimum atomic E-state index is -0.424. The summed E-state index contributed by atoms with van der Waals surface area (Å²) in [5.41, 5.74) is 0.452. The number of hydrogen-bond acceptors (Lipinski definition) is 2. The monoisotopic (exact) mass is 237 g/mol. The van der Waals surface area contributed by atoms with Crippen LogP contribution in [0.4, 0.5) is 4.39 Å². The molecule has 0 aromatic carbocycles. The van der Waals surface area contributed by atoms with Gasteiger partial charge in [0.25, 0.3) is 0 Å². The molecule has 68 valence electrons. The second kappa shape index (κ2) is 4.02. The van der Waals surface area contributed by atoms with Crippen molar-refractivity contribution in [2.24, 2.45) is 0 Å². The Morgan fingerprint density at radius 2 is 2.17 bits per heavy atom. The highest BCUT2D eigenvalue weighted by molar-refractivity contribution is 9.10. The molecule has 3 nitrogen and oxygen atoms in total. The van der Waals surface area contributed by atoms with Crippen LogP contribution in [0.2, 0.25) is 0 Å². The summed E-state index contributed by atoms with van der Waals surface area (Å²) in [6.07, 6.45) is 0. The van der Waals surface area contributed by atoms with Crippen molar-refractivity contribution in [2.75, 3.05) is 6.61 Å². The molecule has 1 aromatic heterocycles. The molecule has 0 saturated heterocycles. The number of aliphatic hydroxyl groups excluding tert-OH is 2. The fourth-order valence-corrected chi connectivity index (χ4v) is 1.53. The zero-order valence-electron chi connectivity index (χ0n) is 6.30. The Kier molecular flexibility index (Phi) is 3.25. The van der Waals surface area contributed by atoms with E-state index in [9.17, 15) is 4.39 Å². The van der Waals surface area contributed by atoms with Crippen molar-refractivity contribution in [2.45, 2.75) is 13.2 Å². The Morgan fingerprint density at radius 3 is 2.67 bits per heavy atom. The number of rotatable bonds is 3. The Hall–Kier alpha value is -0.390. The van der Waals surface area contributed by atoms with Crippen molar-refractivity contribution in [3.63, 3.8) is 0 Å². The van der Waals surface area contributed by atoms with Crippen molar-refractivity contribution in [3.05, 3.63) is 22.2 Å². The molecule has 0 atom stereocenters. The Labute approximate surface area is 77.6 Å². The second-order valence-electron chi connectivity index (χ2n) is 2.31. The fraction of sp³-hybridized carbons (Fsp3) is 0.429. The molecular formula is C7H9BrFNO2. The smallest absolute Gasteiger partial charge is 0.155 e. The summed E-state index contributed by atoms with van der Waals surface area (Å²) in [7, 11) is 0. The lowest BCUT2D eigenvalue weighted by molar-refractivity contribution is 0.250. The van der Waals surface area contributed by atoms with Crippen molar-refractivity contribution < 1.29 is 14.6 Å². The number of halogens is 2. The highest BCUT2D eigenvalue weighted by Crippen LogP contribution is 2.20. The summed E-state index contributed by atoms with van der Waals surface area (Å²) in [6.45, 7) is -0.0391. The number of aromatic nitrogens is 1. The van der Waals surface area contributed by atoms with Gasteiger partial charge in [-0.3, -0.25) is 0 Å². The van der Waals surface area contributed by atoms with E-state index in [2.05, 4.69) is 15.9 Å². The van der Waals surface area contributed by atoms with Crippen LogP contribution in [-0.4, -0.2) is 21.4 Å². The zero-order chi connectivity index (χ0) is 9.14. The van der Waals surface area contributed by atoms with Crippen LogP contribution in [0.25, 0.3) is 0 Å². The van der Waals surface area contributed by atoms with E-state index >= 15 is 0 Å². The topological polar surface area (TPSA) is 45.4 Å². The first kappa shape index (κ1) is 9.70. The molecule has 1 aromatic rings. The first-order chi connectivity index (χ1) is 5.70. The average Bonchev–Trinajstić information content (AvgIpc) is 2.33. The summed E-state index contributed by atoms with van der Waals surface area (Å²) in [5, 5.41) is 17.4. The van der Waals surface area contributed by atoms with E-state index in [1.54, 1.807) is 0 Å². The van der Waals surface area contributed by atoms with Crippen LogP contribution < -0.4 is 0 Å². The molecular weight excluding hydrogens is 229 g/mol. The molecule has 0 spiro atoms. The Morgan fingerprint density at radius 1 is 1.50 bits per heavy atom. The summed E-state index contributed by atoms with van der Waals surface area (Å²) < 4.78 is 14.6. The van der Waals surface area contributed by atoms with Crippen LogP contribution in [0.5, 0.6) is 0 Å². The lowest BCUT2D eigenvalue weighted by Crippen LogP contribution is -2.06. The molecule has 0 bridgehead atoms. The van der Waals surface area contributed by atoms with Crippen molar-refractivity contribution in [1.29, 1.82) is 0 Å². The predicted molar refractivity (Wildman–Crippen MR) is 45.1 cm³/mol. The molecule has 1 rings (SSSR count). The van der Waals surface area contributed by atoms with Gasteiger partial charge >= 0.3 is 0 Å². The first-order valence-corrected chi connectivity index (χ1v) is 4.25. The quantitative estimate of drug-likeness (QED) is 0.820. The third-order valence-corrected chi connectivity index (χ3v) is 2.37. The minimum Gasteiger partial charge on any atom is -0.395 e. The maximum atomic E-state index is 12.8. The van der Waals surface area contributed by atoms with Gasteiger partial charge in [-0.05, 0) is 22.0 Å². The predicted octanol–water partition coefficient (Wildman–Crippen LogP) is 0.874. The van der Waals surface area contributed by atoms with E-state index in [4.69, 9.17) is 10.2 Å². The summed E-state index contributed by atoms with van der Waals surface area (Å²) in [6, 6.07) is 1.24. The molecule has 0 aliphatic heterocycles. The van der Waals surface area contributed by atoms with Crippen molar-refractivity contribution in [1.82, 2.24) is 4.57 Å². The largest absolute Gasteiger partial charge is 0.395 e. The van der Waals surface area contributed by atoms with Crippen LogP contribution in [0, 0.1) is 5.82 Å². The van der Waals surface area contributed by atoms with Crippen molar-refractivity contribution >= 4 is 15.9 Å². The van der Waals surface area contributed by atoms with Gasteiger partial charge < -0.3 is 14.8 Å². The molecule has 0 radical (unpaired) electrons. The lowest BCUT2D eigenvalue weighted by Gasteiger charge is -2.05. The molecule has 0 fully saturated rings. The maximum Gasteiger partial charge on any atom is 0.155 e. The van der Waals surface area contributed by atoms with E-state index < -0.39 is 5.82 Å². The fourth-order valence-electron chi connectivity index (χ4n) is 1.01. The Bertz CT molecular complexity index is 275. The summed E-state index contributed by atoms with van der Waals surface area (Å²) >= 11 is 3.01. The van der Waals surface area contributed by atoms with Gasteiger partial charge in [-0.1, -0.05) is 0 Å². The number of hydrogen-bond donors (Lipinski definition) is 2. The normalized spacial score (nSPS) is 10.7. The zero-order valence-corrected chi connectivity index (χ0v) is 7.88. The van der Waals surface area contributed by atoms with E-state index in [0.29, 0.717) is 5.69 Å². The van der Waals surface area contributed by atoms with Crippen LogP contribution in [-0.2, 0) is 13.2 Å². The highest BCUT2D eigenvalue weighted by atomic mass is 79.9. The van der Waals surface area contributed by atoms with E-state index in [0.717, 1.165) is 0 Å². The van der Waals surface area contributed by atoms with Gasteiger partial charge in [0, 0.05) is 12.2 Å². The third-order valence-electron chi connectivity index (χ3n) is 1.56. The van der Waals surface area contributed by atoms with Gasteiger partial charge in [-0.25, -0.2) is 4.39 Å². The SMILES string of the molecule is OCCn1c(CO)cc(F)c1Br. The van der Waals surface area contributed by atoms with Gasteiger partial charge in [0.05, 0.1) is 13.2 Å². The van der Waals surface area contributed by atoms with Gasteiger partial charge in [-0.15, -0.1) is 0 Å². The van der Waals surface area contributed by atoms with Gasteiger partial charge in [0.2, 0.25) is 0 Å². The molecule has 0 aliphatic carbocycles. The van der Waals surface area contributed by atoms with Crippen LogP contribution in [0.3, 0.4) is 0 Å². The Balaban J connectivity index is 3.03. The number of aliphatic hydroxyl groups is 2. The molecule has 12 heavy (non-hydrogen) atoms. The van der Waals surface area contributed by atoms with Crippen LogP contribution in [0.15, 0.2) is 10.7 Å². The molecule has 0 unspecified atom stereocenters. The highest BCUT2D eigenvalue weighted by Gasteiger charge is 2.10. The maximum absolute atomic E-state index is 12.8. The average molecular weight is 238 g/mol. The molecule has 0 saturated carbocycles. The molecule has 0 aliphatic rings. The summed E-state index contributed by atoms with van der Waals surface area (Å²) in [4.78, 5) is 0. The lowest BCUT2D eigenvalue weighted by atomic mass is 10.4. The first-order valence-electron chi connectivity index (χ1n) is 3.45. The standard InChI is InChI=1S/C7H9BrFNO2/c8-7-6(9)3-5(4-12)10(7)1-2-11/h3,11-12H,1-2,4H2. The molecule has 5 heteroatoms. The van der Waals surface area contributed by atoms with Gasteiger partial charge in [0.15, 0.2) is 5.82 Å². The van der Waals surface area contributed by atoms with Crippen LogP contribution >= 0.6 is 15.9 Å². The van der Waals surface area contributed by atoms with Gasteiger partial charge in [0.1, 0.15) is 4.60 Å². The minimum absolute atomic E-state index is 0.0836. The molecule has 1 heterocycles. The van der Waals surface area contributed by atoms with E-state index in [1.807, 2.05) is 0 Å². The number of nitrogens with zero attached hydrogens (tertiary/aromatic N) is 1. The van der Waals surface area contributed by atoms with Crippen LogP contribution in [0.1, 0.15) is 5.69 Å². The van der Waals surface area contributed by atoms with E-state index in [-0.39, 0.29) is 24.4 Å². The van der Waals surface area contributed by atoms with Gasteiger partial charge in [-0.2, -0.15) is 0 Å². The molecule has 2 N–H and O–H groups in total. The van der Waals surface area contributed by atoms with Crippen molar-refractivity contribution in [3.8, 4) is 0 Å². The molecule has 0 amide bonds.